The maximum Gasteiger partial charge on any atom is 0.0943 e. The van der Waals surface area contributed by atoms with Crippen LogP contribution in [0.15, 0.2) is 24.3 Å². The lowest BCUT2D eigenvalue weighted by Gasteiger charge is -2.22. The average molecular weight is 209 g/mol. The van der Waals surface area contributed by atoms with E-state index in [1.165, 1.54) is 0 Å². The lowest BCUT2D eigenvalue weighted by Crippen LogP contribution is -2.34. The van der Waals surface area contributed by atoms with E-state index in [0.717, 1.165) is 12.0 Å². The number of nitrogens with two attached hydrogens (primary N) is 2. The molecule has 0 aromatic heterocycles. The van der Waals surface area contributed by atoms with Gasteiger partial charge in [-0.15, -0.1) is 0 Å². The van der Waals surface area contributed by atoms with Crippen LogP contribution in [0.25, 0.3) is 0 Å². The van der Waals surface area contributed by atoms with Crippen molar-refractivity contribution in [1.29, 1.82) is 0 Å². The molecule has 2 atom stereocenters. The molecule has 0 bridgehead atoms. The molecule has 15 heavy (non-hydrogen) atoms. The van der Waals surface area contributed by atoms with E-state index in [2.05, 4.69) is 5.32 Å². The number of anilines is 1. The molecule has 0 amide bonds. The fourth-order valence-electron chi connectivity index (χ4n) is 1.57. The largest absolute Gasteiger partial charge is 0.399 e. The summed E-state index contributed by atoms with van der Waals surface area (Å²) in [6.45, 7) is 0.553. The van der Waals surface area contributed by atoms with Crippen molar-refractivity contribution >= 4 is 5.69 Å². The number of aliphatic hydroxyl groups excluding tert-OH is 1. The van der Waals surface area contributed by atoms with Crippen LogP contribution in [0, 0.1) is 0 Å². The van der Waals surface area contributed by atoms with Gasteiger partial charge in [-0.05, 0) is 37.7 Å². The molecule has 6 N–H and O–H groups in total. The van der Waals surface area contributed by atoms with Gasteiger partial charge in [-0.3, -0.25) is 0 Å². The van der Waals surface area contributed by atoms with E-state index >= 15 is 0 Å². The minimum Gasteiger partial charge on any atom is -0.399 e. The minimum absolute atomic E-state index is 0.0152. The molecular formula is C11H19N3O. The third-order valence-corrected chi connectivity index (χ3v) is 2.51. The summed E-state index contributed by atoms with van der Waals surface area (Å²) >= 11 is 0. The monoisotopic (exact) mass is 209 g/mol. The van der Waals surface area contributed by atoms with Crippen LogP contribution >= 0.6 is 0 Å². The molecule has 4 heteroatoms. The Morgan fingerprint density at radius 1 is 1.33 bits per heavy atom. The summed E-state index contributed by atoms with van der Waals surface area (Å²) in [7, 11) is 1.82. The minimum atomic E-state index is -0.542. The summed E-state index contributed by atoms with van der Waals surface area (Å²) in [5, 5.41) is 13.1. The molecule has 1 aromatic rings. The normalized spacial score (nSPS) is 14.9. The van der Waals surface area contributed by atoms with Crippen molar-refractivity contribution in [3.05, 3.63) is 29.8 Å². The Hall–Kier alpha value is -1.10. The fraction of sp³-hybridized carbons (Fsp3) is 0.455. The van der Waals surface area contributed by atoms with Gasteiger partial charge in [0.1, 0.15) is 0 Å². The first-order chi connectivity index (χ1) is 7.19. The van der Waals surface area contributed by atoms with Crippen LogP contribution < -0.4 is 16.8 Å². The predicted molar refractivity (Wildman–Crippen MR) is 62.3 cm³/mol. The topological polar surface area (TPSA) is 84.3 Å². The van der Waals surface area contributed by atoms with Gasteiger partial charge >= 0.3 is 0 Å². The molecular weight excluding hydrogens is 190 g/mol. The summed E-state index contributed by atoms with van der Waals surface area (Å²) in [6.07, 6.45) is 0.196. The molecule has 4 nitrogen and oxygen atoms in total. The molecule has 84 valence electrons. The van der Waals surface area contributed by atoms with Crippen molar-refractivity contribution in [3.8, 4) is 0 Å². The van der Waals surface area contributed by atoms with Crippen LogP contribution in [0.2, 0.25) is 0 Å². The summed E-state index contributed by atoms with van der Waals surface area (Å²) in [6, 6.07) is 7.22. The molecule has 1 aromatic carbocycles. The molecule has 0 saturated heterocycles. The number of likely N-dealkylation sites (N-methyl/N-ethyl adjacent to an activating group) is 1. The average Bonchev–Trinajstić information content (AvgIpc) is 2.26. The molecule has 2 unspecified atom stereocenters. The highest BCUT2D eigenvalue weighted by Crippen LogP contribution is 2.19. The SMILES string of the molecule is CNC(CCN)C(O)c1ccc(N)cc1. The number of benzene rings is 1. The number of rotatable bonds is 5. The Bertz CT molecular complexity index is 286. The molecule has 0 heterocycles. The third kappa shape index (κ3) is 3.20. The molecule has 0 saturated carbocycles. The number of hydrogen-bond donors (Lipinski definition) is 4. The van der Waals surface area contributed by atoms with Gasteiger partial charge in [0.05, 0.1) is 6.10 Å². The number of hydrogen-bond acceptors (Lipinski definition) is 4. The zero-order chi connectivity index (χ0) is 11.3. The molecule has 0 aliphatic heterocycles. The van der Waals surface area contributed by atoms with Gasteiger partial charge in [-0.1, -0.05) is 12.1 Å². The van der Waals surface area contributed by atoms with Gasteiger partial charge in [-0.25, -0.2) is 0 Å². The van der Waals surface area contributed by atoms with Crippen molar-refractivity contribution in [2.24, 2.45) is 5.73 Å². The van der Waals surface area contributed by atoms with E-state index in [1.54, 1.807) is 12.1 Å². The number of nitrogen functional groups attached to an aromatic ring is 1. The second kappa shape index (κ2) is 5.70. The lowest BCUT2D eigenvalue weighted by molar-refractivity contribution is 0.129. The smallest absolute Gasteiger partial charge is 0.0943 e. The summed E-state index contributed by atoms with van der Waals surface area (Å²) < 4.78 is 0. The Morgan fingerprint density at radius 2 is 1.93 bits per heavy atom. The summed E-state index contributed by atoms with van der Waals surface area (Å²) in [5.41, 5.74) is 12.6. The third-order valence-electron chi connectivity index (χ3n) is 2.51. The standard InChI is InChI=1S/C11H19N3O/c1-14-10(6-7-12)11(15)8-2-4-9(13)5-3-8/h2-5,10-11,14-15H,6-7,12-13H2,1H3. The molecule has 1 rings (SSSR count). The summed E-state index contributed by atoms with van der Waals surface area (Å²) in [5.74, 6) is 0. The van der Waals surface area contributed by atoms with Crippen molar-refractivity contribution < 1.29 is 5.11 Å². The van der Waals surface area contributed by atoms with E-state index in [4.69, 9.17) is 11.5 Å². The van der Waals surface area contributed by atoms with E-state index in [-0.39, 0.29) is 6.04 Å². The van der Waals surface area contributed by atoms with Crippen LogP contribution in [0.1, 0.15) is 18.1 Å². The molecule has 0 fully saturated rings. The van der Waals surface area contributed by atoms with Crippen molar-refractivity contribution in [3.63, 3.8) is 0 Å². The molecule has 0 radical (unpaired) electrons. The first-order valence-electron chi connectivity index (χ1n) is 5.10. The van der Waals surface area contributed by atoms with E-state index < -0.39 is 6.10 Å². The predicted octanol–water partition coefficient (Wildman–Crippen LogP) is 0.239. The molecule has 0 spiro atoms. The van der Waals surface area contributed by atoms with E-state index in [9.17, 15) is 5.11 Å². The highest BCUT2D eigenvalue weighted by molar-refractivity contribution is 5.40. The van der Waals surface area contributed by atoms with Gasteiger partial charge in [0.25, 0.3) is 0 Å². The maximum absolute atomic E-state index is 10.0. The van der Waals surface area contributed by atoms with Crippen LogP contribution in [0.3, 0.4) is 0 Å². The van der Waals surface area contributed by atoms with Crippen molar-refractivity contribution in [2.45, 2.75) is 18.6 Å². The summed E-state index contributed by atoms with van der Waals surface area (Å²) in [4.78, 5) is 0. The van der Waals surface area contributed by atoms with Crippen molar-refractivity contribution in [2.75, 3.05) is 19.3 Å². The fourth-order valence-corrected chi connectivity index (χ4v) is 1.57. The number of nitrogens with one attached hydrogen (secondary N) is 1. The van der Waals surface area contributed by atoms with Crippen LogP contribution in [0.4, 0.5) is 5.69 Å². The zero-order valence-electron chi connectivity index (χ0n) is 8.98. The number of aliphatic hydroxyl groups is 1. The molecule has 0 aliphatic rings. The first-order valence-corrected chi connectivity index (χ1v) is 5.10. The first kappa shape index (κ1) is 12.0. The highest BCUT2D eigenvalue weighted by atomic mass is 16.3. The van der Waals surface area contributed by atoms with Crippen LogP contribution in [-0.4, -0.2) is 24.7 Å². The Balaban J connectivity index is 2.73. The zero-order valence-corrected chi connectivity index (χ0v) is 8.98. The van der Waals surface area contributed by atoms with Crippen LogP contribution in [0.5, 0.6) is 0 Å². The second-order valence-electron chi connectivity index (χ2n) is 3.58. The van der Waals surface area contributed by atoms with Gasteiger partial charge in [0, 0.05) is 11.7 Å². The van der Waals surface area contributed by atoms with E-state index in [1.807, 2.05) is 19.2 Å². The van der Waals surface area contributed by atoms with Crippen molar-refractivity contribution in [1.82, 2.24) is 5.32 Å². The van der Waals surface area contributed by atoms with E-state index in [0.29, 0.717) is 12.2 Å². The Morgan fingerprint density at radius 3 is 2.40 bits per heavy atom. The van der Waals surface area contributed by atoms with Gasteiger partial charge < -0.3 is 21.9 Å². The quantitative estimate of drug-likeness (QED) is 0.523. The highest BCUT2D eigenvalue weighted by Gasteiger charge is 2.17. The van der Waals surface area contributed by atoms with Crippen LogP contribution in [-0.2, 0) is 0 Å². The van der Waals surface area contributed by atoms with Gasteiger partial charge in [0.15, 0.2) is 0 Å². The Labute approximate surface area is 90.3 Å². The Kier molecular flexibility index (Phi) is 4.55. The van der Waals surface area contributed by atoms with Gasteiger partial charge in [-0.2, -0.15) is 0 Å². The maximum atomic E-state index is 10.0. The second-order valence-corrected chi connectivity index (χ2v) is 3.58. The lowest BCUT2D eigenvalue weighted by atomic mass is 10.00. The molecule has 0 aliphatic carbocycles. The van der Waals surface area contributed by atoms with Gasteiger partial charge in [0.2, 0.25) is 0 Å².